The molecular formula is C24H30O5. The van der Waals surface area contributed by atoms with E-state index >= 15 is 0 Å². The van der Waals surface area contributed by atoms with Crippen molar-refractivity contribution in [3.63, 3.8) is 0 Å². The Balaban J connectivity index is 1.95. The molecule has 0 atom stereocenters. The Kier molecular flexibility index (Phi) is 9.76. The Morgan fingerprint density at radius 2 is 1.31 bits per heavy atom. The maximum atomic E-state index is 12.4. The molecule has 0 radical (unpaired) electrons. The molecule has 156 valence electrons. The lowest BCUT2D eigenvalue weighted by Gasteiger charge is -2.06. The summed E-state index contributed by atoms with van der Waals surface area (Å²) in [5.74, 6) is 0.662. The largest absolute Gasteiger partial charge is 0.494 e. The number of unbranched alkanes of at least 4 members (excludes halogenated alkanes) is 4. The predicted molar refractivity (Wildman–Crippen MR) is 114 cm³/mol. The third-order valence-electron chi connectivity index (χ3n) is 4.37. The second kappa shape index (κ2) is 12.6. The molecule has 0 spiro atoms. The van der Waals surface area contributed by atoms with Crippen molar-refractivity contribution in [2.24, 2.45) is 0 Å². The zero-order valence-corrected chi connectivity index (χ0v) is 17.3. The van der Waals surface area contributed by atoms with Crippen LogP contribution < -0.4 is 19.6 Å². The minimum absolute atomic E-state index is 0.0286. The van der Waals surface area contributed by atoms with Gasteiger partial charge in [-0.25, -0.2) is 4.79 Å². The Labute approximate surface area is 172 Å². The van der Waals surface area contributed by atoms with Gasteiger partial charge in [0.25, 0.3) is 0 Å². The minimum Gasteiger partial charge on any atom is -0.494 e. The lowest BCUT2D eigenvalue weighted by Crippen LogP contribution is -2.13. The number of hydrogen-bond acceptors (Lipinski definition) is 5. The molecule has 0 aliphatic carbocycles. The number of rotatable bonds is 12. The molecule has 0 amide bonds. The maximum absolute atomic E-state index is 12.4. The van der Waals surface area contributed by atoms with Crippen LogP contribution in [0, 0.1) is 0 Å². The van der Waals surface area contributed by atoms with Crippen LogP contribution in [0.5, 0.6) is 17.2 Å². The normalized spacial score (nSPS) is 10.4. The average molecular weight is 398 g/mol. The first kappa shape index (κ1) is 22.5. The smallest absolute Gasteiger partial charge is 0.343 e. The van der Waals surface area contributed by atoms with Crippen molar-refractivity contribution in [3.05, 3.63) is 64.3 Å². The van der Waals surface area contributed by atoms with E-state index in [1.807, 2.05) is 0 Å². The predicted octanol–water partition coefficient (Wildman–Crippen LogP) is 5.40. The van der Waals surface area contributed by atoms with E-state index in [-0.39, 0.29) is 11.2 Å². The van der Waals surface area contributed by atoms with E-state index < -0.39 is 5.97 Å². The highest BCUT2D eigenvalue weighted by Crippen LogP contribution is 2.16. The van der Waals surface area contributed by atoms with Crippen LogP contribution in [0.15, 0.2) is 53.3 Å². The van der Waals surface area contributed by atoms with Crippen molar-refractivity contribution in [1.82, 2.24) is 0 Å². The highest BCUT2D eigenvalue weighted by molar-refractivity contribution is 5.91. The Bertz CT molecular complexity index is 814. The van der Waals surface area contributed by atoms with Crippen molar-refractivity contribution in [2.75, 3.05) is 13.2 Å². The number of carbonyl (C=O) groups excluding carboxylic acids is 1. The summed E-state index contributed by atoms with van der Waals surface area (Å²) in [5, 5.41) is 0. The molecule has 2 rings (SSSR count). The maximum Gasteiger partial charge on any atom is 0.343 e. The zero-order valence-electron chi connectivity index (χ0n) is 17.3. The molecular weight excluding hydrogens is 368 g/mol. The van der Waals surface area contributed by atoms with Gasteiger partial charge in [0, 0.05) is 0 Å². The number of esters is 1. The van der Waals surface area contributed by atoms with Gasteiger partial charge in [-0.2, -0.15) is 0 Å². The molecule has 0 fully saturated rings. The van der Waals surface area contributed by atoms with Crippen LogP contribution in [0.1, 0.15) is 62.7 Å². The summed E-state index contributed by atoms with van der Waals surface area (Å²) >= 11 is 0. The van der Waals surface area contributed by atoms with Gasteiger partial charge >= 0.3 is 5.97 Å². The monoisotopic (exact) mass is 398 g/mol. The zero-order chi connectivity index (χ0) is 20.9. The fourth-order valence-corrected chi connectivity index (χ4v) is 2.62. The van der Waals surface area contributed by atoms with E-state index in [9.17, 15) is 9.59 Å². The summed E-state index contributed by atoms with van der Waals surface area (Å²) in [6.45, 7) is 5.49. The molecule has 5 heteroatoms. The summed E-state index contributed by atoms with van der Waals surface area (Å²) in [4.78, 5) is 24.6. The highest BCUT2D eigenvalue weighted by Gasteiger charge is 2.11. The SMILES string of the molecule is CCCCCCOc1ccc(OC(=O)c2ccc(OCCCC)cc2)c(=O)cc1. The summed E-state index contributed by atoms with van der Waals surface area (Å²) < 4.78 is 16.5. The first-order valence-corrected chi connectivity index (χ1v) is 10.4. The van der Waals surface area contributed by atoms with Gasteiger partial charge in [0.05, 0.1) is 18.8 Å². The third kappa shape index (κ3) is 7.98. The molecule has 0 heterocycles. The van der Waals surface area contributed by atoms with Crippen LogP contribution in [0.2, 0.25) is 0 Å². The van der Waals surface area contributed by atoms with Gasteiger partial charge in [-0.15, -0.1) is 0 Å². The second-order valence-electron chi connectivity index (χ2n) is 6.82. The van der Waals surface area contributed by atoms with Gasteiger partial charge < -0.3 is 14.2 Å². The molecule has 0 saturated carbocycles. The van der Waals surface area contributed by atoms with Gasteiger partial charge in [-0.3, -0.25) is 4.79 Å². The first-order chi connectivity index (χ1) is 14.1. The van der Waals surface area contributed by atoms with Gasteiger partial charge in [0.2, 0.25) is 5.43 Å². The Morgan fingerprint density at radius 1 is 0.724 bits per heavy atom. The van der Waals surface area contributed by atoms with Gasteiger partial charge in [-0.05, 0) is 61.4 Å². The van der Waals surface area contributed by atoms with Gasteiger partial charge in [0.15, 0.2) is 5.75 Å². The van der Waals surface area contributed by atoms with E-state index in [1.54, 1.807) is 36.4 Å². The average Bonchev–Trinajstić information content (AvgIpc) is 2.90. The fraction of sp³-hybridized carbons (Fsp3) is 0.417. The highest BCUT2D eigenvalue weighted by atomic mass is 16.5. The lowest BCUT2D eigenvalue weighted by molar-refractivity contribution is 0.0733. The van der Waals surface area contributed by atoms with Crippen molar-refractivity contribution >= 4 is 5.97 Å². The number of benzene rings is 1. The molecule has 2 aromatic rings. The quantitative estimate of drug-likeness (QED) is 0.354. The van der Waals surface area contributed by atoms with Crippen LogP contribution in [-0.4, -0.2) is 19.2 Å². The summed E-state index contributed by atoms with van der Waals surface area (Å²) in [5.41, 5.74) is -0.0233. The Hall–Kier alpha value is -2.82. The number of ether oxygens (including phenoxy) is 3. The first-order valence-electron chi connectivity index (χ1n) is 10.4. The molecule has 0 bridgehead atoms. The summed E-state index contributed by atoms with van der Waals surface area (Å²) in [7, 11) is 0. The van der Waals surface area contributed by atoms with Crippen molar-refractivity contribution < 1.29 is 19.0 Å². The van der Waals surface area contributed by atoms with Crippen LogP contribution in [0.3, 0.4) is 0 Å². The summed E-state index contributed by atoms with van der Waals surface area (Å²) in [6, 6.07) is 12.8. The van der Waals surface area contributed by atoms with Gasteiger partial charge in [-0.1, -0.05) is 39.5 Å². The van der Waals surface area contributed by atoms with Crippen LogP contribution in [0.4, 0.5) is 0 Å². The van der Waals surface area contributed by atoms with Gasteiger partial charge in [0.1, 0.15) is 11.5 Å². The van der Waals surface area contributed by atoms with Crippen molar-refractivity contribution in [3.8, 4) is 17.2 Å². The molecule has 5 nitrogen and oxygen atoms in total. The minimum atomic E-state index is -0.588. The topological polar surface area (TPSA) is 61.8 Å². The van der Waals surface area contributed by atoms with Crippen LogP contribution in [0.25, 0.3) is 0 Å². The molecule has 0 saturated heterocycles. The molecule has 0 aliphatic heterocycles. The van der Waals surface area contributed by atoms with E-state index in [0.29, 0.717) is 30.3 Å². The fourth-order valence-electron chi connectivity index (χ4n) is 2.62. The van der Waals surface area contributed by atoms with Crippen LogP contribution >= 0.6 is 0 Å². The van der Waals surface area contributed by atoms with E-state index in [1.165, 1.54) is 25.0 Å². The number of carbonyl (C=O) groups is 1. The molecule has 2 aromatic carbocycles. The van der Waals surface area contributed by atoms with E-state index in [4.69, 9.17) is 14.2 Å². The van der Waals surface area contributed by atoms with Crippen molar-refractivity contribution in [1.29, 1.82) is 0 Å². The molecule has 0 aliphatic rings. The molecule has 29 heavy (non-hydrogen) atoms. The van der Waals surface area contributed by atoms with E-state index in [0.717, 1.165) is 25.7 Å². The van der Waals surface area contributed by atoms with E-state index in [2.05, 4.69) is 13.8 Å². The summed E-state index contributed by atoms with van der Waals surface area (Å²) in [6.07, 6.45) is 6.48. The number of hydrogen-bond donors (Lipinski definition) is 0. The van der Waals surface area contributed by atoms with Crippen molar-refractivity contribution in [2.45, 2.75) is 52.4 Å². The molecule has 0 N–H and O–H groups in total. The Morgan fingerprint density at radius 3 is 1.97 bits per heavy atom. The molecule has 0 aromatic heterocycles. The standard InChI is InChI=1S/C24H30O5/c1-3-5-7-8-18-28-21-13-15-22(25)23(16-14-21)29-24(26)19-9-11-20(12-10-19)27-17-6-4-2/h9-16H,3-8,17-18H2,1-2H3. The van der Waals surface area contributed by atoms with Crippen LogP contribution in [-0.2, 0) is 0 Å². The lowest BCUT2D eigenvalue weighted by atomic mass is 10.2. The molecule has 0 unspecified atom stereocenters. The second-order valence-corrected chi connectivity index (χ2v) is 6.82. The third-order valence-corrected chi connectivity index (χ3v) is 4.37.